The Hall–Kier alpha value is -6.14. The van der Waals surface area contributed by atoms with Crippen molar-refractivity contribution in [3.05, 3.63) is 146 Å². The summed E-state index contributed by atoms with van der Waals surface area (Å²) in [5, 5.41) is 13.0. The molecular weight excluding hydrogens is 540 g/mol. The lowest BCUT2D eigenvalue weighted by molar-refractivity contribution is 1.01. The fourth-order valence-electron chi connectivity index (χ4n) is 6.38. The summed E-state index contributed by atoms with van der Waals surface area (Å²) in [4.78, 5) is 9.54. The summed E-state index contributed by atoms with van der Waals surface area (Å²) < 4.78 is 4.44. The lowest BCUT2D eigenvalue weighted by Crippen LogP contribution is -2.02. The van der Waals surface area contributed by atoms with E-state index < -0.39 is 0 Å². The fourth-order valence-corrected chi connectivity index (χ4v) is 6.38. The molecule has 0 amide bonds. The highest BCUT2D eigenvalue weighted by Gasteiger charge is 2.23. The molecule has 0 N–H and O–H groups in total. The maximum absolute atomic E-state index is 5.26. The zero-order valence-corrected chi connectivity index (χ0v) is 23.5. The Morgan fingerprint density at radius 1 is 0.500 bits per heavy atom. The average Bonchev–Trinajstić information content (AvgIpc) is 3.62. The second kappa shape index (κ2) is 9.71. The Kier molecular flexibility index (Phi) is 5.40. The number of pyridine rings is 2. The van der Waals surface area contributed by atoms with Crippen LogP contribution in [0.25, 0.3) is 77.8 Å². The number of aromatic nitrogens is 6. The zero-order valence-electron chi connectivity index (χ0n) is 23.5. The van der Waals surface area contributed by atoms with Gasteiger partial charge in [-0.3, -0.25) is 9.55 Å². The maximum atomic E-state index is 5.26. The Bertz CT molecular complexity index is 2420. The van der Waals surface area contributed by atoms with E-state index in [0.717, 1.165) is 77.8 Å². The molecule has 0 spiro atoms. The van der Waals surface area contributed by atoms with E-state index in [1.54, 1.807) is 0 Å². The molecule has 44 heavy (non-hydrogen) atoms. The molecule has 5 aromatic heterocycles. The summed E-state index contributed by atoms with van der Waals surface area (Å²) in [6.45, 7) is 0. The Morgan fingerprint density at radius 2 is 1.14 bits per heavy atom. The molecule has 0 saturated heterocycles. The molecule has 0 atom stereocenters. The number of fused-ring (bicyclic) bond motifs is 7. The van der Waals surface area contributed by atoms with E-state index in [1.165, 1.54) is 0 Å². The van der Waals surface area contributed by atoms with E-state index >= 15 is 0 Å². The third kappa shape index (κ3) is 3.68. The van der Waals surface area contributed by atoms with Crippen LogP contribution in [0.4, 0.5) is 0 Å². The molecule has 0 aliphatic rings. The topological polar surface area (TPSA) is 61.4 Å². The fraction of sp³-hybridized carbons (Fsp3) is 0. The molecule has 9 aromatic rings. The van der Waals surface area contributed by atoms with Crippen LogP contribution in [-0.2, 0) is 0 Å². The first-order valence-corrected chi connectivity index (χ1v) is 14.6. The minimum atomic E-state index is 0.758. The highest BCUT2D eigenvalue weighted by Crippen LogP contribution is 2.40. The quantitative estimate of drug-likeness (QED) is 0.214. The van der Waals surface area contributed by atoms with Gasteiger partial charge in [0.2, 0.25) is 0 Å². The van der Waals surface area contributed by atoms with Crippen molar-refractivity contribution in [2.45, 2.75) is 0 Å². The SMILES string of the molecule is c1ccc(-c2cc(-c3ccccc3)nc(-n3c4ccccc4c4c3nnc3c5ccccc5n(-c5ccncc5)c34)c2)cc1. The molecule has 0 unspecified atom stereocenters. The Morgan fingerprint density at radius 3 is 1.89 bits per heavy atom. The van der Waals surface area contributed by atoms with Crippen LogP contribution in [0.15, 0.2) is 146 Å². The number of hydrogen-bond donors (Lipinski definition) is 0. The number of hydrogen-bond acceptors (Lipinski definition) is 4. The third-order valence-corrected chi connectivity index (χ3v) is 8.32. The van der Waals surface area contributed by atoms with Gasteiger partial charge in [0.05, 0.1) is 27.6 Å². The van der Waals surface area contributed by atoms with Crippen molar-refractivity contribution in [2.75, 3.05) is 0 Å². The second-order valence-electron chi connectivity index (χ2n) is 10.8. The summed E-state index contributed by atoms with van der Waals surface area (Å²) in [5.74, 6) is 0.789. The molecule has 0 radical (unpaired) electrons. The largest absolute Gasteiger partial charge is 0.307 e. The smallest absolute Gasteiger partial charge is 0.171 e. The predicted molar refractivity (Wildman–Crippen MR) is 177 cm³/mol. The highest BCUT2D eigenvalue weighted by atomic mass is 15.2. The van der Waals surface area contributed by atoms with Gasteiger partial charge in [0, 0.05) is 34.4 Å². The van der Waals surface area contributed by atoms with Gasteiger partial charge in [-0.15, -0.1) is 10.2 Å². The van der Waals surface area contributed by atoms with Crippen molar-refractivity contribution < 1.29 is 0 Å². The number of benzene rings is 4. The van der Waals surface area contributed by atoms with Crippen molar-refractivity contribution in [3.8, 4) is 33.9 Å². The summed E-state index contributed by atoms with van der Waals surface area (Å²) in [6, 6.07) is 46.0. The molecule has 0 bridgehead atoms. The van der Waals surface area contributed by atoms with Crippen LogP contribution in [0.2, 0.25) is 0 Å². The predicted octanol–water partition coefficient (Wildman–Crippen LogP) is 8.79. The molecule has 0 fully saturated rings. The van der Waals surface area contributed by atoms with E-state index in [0.29, 0.717) is 0 Å². The summed E-state index contributed by atoms with van der Waals surface area (Å²) in [6.07, 6.45) is 3.66. The van der Waals surface area contributed by atoms with Gasteiger partial charge in [-0.05, 0) is 47.5 Å². The van der Waals surface area contributed by atoms with Gasteiger partial charge in [0.15, 0.2) is 5.65 Å². The first kappa shape index (κ1) is 24.5. The van der Waals surface area contributed by atoms with E-state index in [4.69, 9.17) is 15.2 Å². The first-order chi connectivity index (χ1) is 21.8. The second-order valence-corrected chi connectivity index (χ2v) is 10.8. The normalized spacial score (nSPS) is 11.6. The van der Waals surface area contributed by atoms with Crippen molar-refractivity contribution in [1.29, 1.82) is 0 Å². The average molecular weight is 565 g/mol. The summed E-state index contributed by atoms with van der Waals surface area (Å²) >= 11 is 0. The summed E-state index contributed by atoms with van der Waals surface area (Å²) in [5.41, 5.74) is 9.91. The maximum Gasteiger partial charge on any atom is 0.171 e. The van der Waals surface area contributed by atoms with Gasteiger partial charge in [-0.2, -0.15) is 0 Å². The molecule has 6 nitrogen and oxygen atoms in total. The Balaban J connectivity index is 1.43. The van der Waals surface area contributed by atoms with Crippen LogP contribution >= 0.6 is 0 Å². The van der Waals surface area contributed by atoms with Gasteiger partial charge >= 0.3 is 0 Å². The lowest BCUT2D eigenvalue weighted by atomic mass is 10.0. The number of para-hydroxylation sites is 2. The van der Waals surface area contributed by atoms with Gasteiger partial charge in [0.1, 0.15) is 11.3 Å². The van der Waals surface area contributed by atoms with Crippen LogP contribution < -0.4 is 0 Å². The zero-order chi connectivity index (χ0) is 29.0. The molecule has 206 valence electrons. The minimum Gasteiger partial charge on any atom is -0.307 e. The molecule has 5 heterocycles. The van der Waals surface area contributed by atoms with E-state index in [-0.39, 0.29) is 0 Å². The van der Waals surface area contributed by atoms with Crippen LogP contribution in [-0.4, -0.2) is 29.3 Å². The molecular formula is C38H24N6. The monoisotopic (exact) mass is 564 g/mol. The van der Waals surface area contributed by atoms with Gasteiger partial charge in [-0.1, -0.05) is 97.1 Å². The Labute approximate surface area is 252 Å². The molecule has 0 saturated carbocycles. The van der Waals surface area contributed by atoms with Crippen LogP contribution in [0.3, 0.4) is 0 Å². The van der Waals surface area contributed by atoms with E-state index in [1.807, 2.05) is 48.8 Å². The van der Waals surface area contributed by atoms with E-state index in [9.17, 15) is 0 Å². The molecule has 0 aliphatic carbocycles. The summed E-state index contributed by atoms with van der Waals surface area (Å²) in [7, 11) is 0. The van der Waals surface area contributed by atoms with Gasteiger partial charge in [0.25, 0.3) is 0 Å². The van der Waals surface area contributed by atoms with E-state index in [2.05, 4.69) is 111 Å². The number of nitrogens with zero attached hydrogens (tertiary/aromatic N) is 6. The van der Waals surface area contributed by atoms with Crippen molar-refractivity contribution in [1.82, 2.24) is 29.3 Å². The number of rotatable bonds is 4. The van der Waals surface area contributed by atoms with Gasteiger partial charge < -0.3 is 4.57 Å². The van der Waals surface area contributed by atoms with Gasteiger partial charge in [-0.25, -0.2) is 4.98 Å². The standard InChI is InChI=1S/C38H24N6/c1-3-11-25(12-4-1)27-23-31(26-13-5-2-6-14-26)40-34(24-27)44-32-17-9-7-15-29(32)35-37-36(41-42-38(35)44)30-16-8-10-18-33(30)43(37)28-19-21-39-22-20-28/h1-24H. The molecule has 6 heteroatoms. The molecule has 4 aromatic carbocycles. The van der Waals surface area contributed by atoms with Crippen LogP contribution in [0, 0.1) is 0 Å². The first-order valence-electron chi connectivity index (χ1n) is 14.6. The van der Waals surface area contributed by atoms with Crippen molar-refractivity contribution in [2.24, 2.45) is 0 Å². The van der Waals surface area contributed by atoms with Crippen molar-refractivity contribution in [3.63, 3.8) is 0 Å². The lowest BCUT2D eigenvalue weighted by Gasteiger charge is -2.12. The van der Waals surface area contributed by atoms with Crippen LogP contribution in [0.5, 0.6) is 0 Å². The molecule has 9 rings (SSSR count). The minimum absolute atomic E-state index is 0.758. The molecule has 0 aliphatic heterocycles. The van der Waals surface area contributed by atoms with Crippen LogP contribution in [0.1, 0.15) is 0 Å². The van der Waals surface area contributed by atoms with Crippen molar-refractivity contribution >= 4 is 43.9 Å². The highest BCUT2D eigenvalue weighted by molar-refractivity contribution is 6.23. The third-order valence-electron chi connectivity index (χ3n) is 8.32.